The second kappa shape index (κ2) is 7.03. The molecule has 0 radical (unpaired) electrons. The number of likely N-dealkylation sites (N-methyl/N-ethyl adjacent to an activating group) is 1. The van der Waals surface area contributed by atoms with E-state index >= 15 is 0 Å². The first-order valence-corrected chi connectivity index (χ1v) is 6.72. The lowest BCUT2D eigenvalue weighted by atomic mass is 10.2. The van der Waals surface area contributed by atoms with E-state index in [1.165, 1.54) is 4.90 Å². The van der Waals surface area contributed by atoms with Gasteiger partial charge in [-0.05, 0) is 18.1 Å². The summed E-state index contributed by atoms with van der Waals surface area (Å²) in [5.41, 5.74) is 0.991. The Morgan fingerprint density at radius 2 is 1.85 bits per heavy atom. The number of pyridine rings is 1. The zero-order chi connectivity index (χ0) is 15.3. The molecule has 5 nitrogen and oxygen atoms in total. The number of rotatable bonds is 5. The molecule has 1 heterocycles. The highest BCUT2D eigenvalue weighted by Gasteiger charge is 2.14. The zero-order valence-corrected chi connectivity index (χ0v) is 12.9. The van der Waals surface area contributed by atoms with Crippen molar-refractivity contribution in [1.29, 1.82) is 0 Å². The molecule has 2 amide bonds. The summed E-state index contributed by atoms with van der Waals surface area (Å²) in [6, 6.07) is 5.19. The standard InChI is InChI=1S/C15H23N3O2/c1-11(2)10-18(5)14(19)9-12-7-6-8-13(16-12)15(20)17(3)4/h6-8,11H,9-10H2,1-5H3. The van der Waals surface area contributed by atoms with Crippen LogP contribution in [-0.2, 0) is 11.2 Å². The highest BCUT2D eigenvalue weighted by atomic mass is 16.2. The fraction of sp³-hybridized carbons (Fsp3) is 0.533. The van der Waals surface area contributed by atoms with Crippen molar-refractivity contribution in [3.05, 3.63) is 29.6 Å². The molecule has 1 rings (SSSR count). The van der Waals surface area contributed by atoms with Gasteiger partial charge >= 0.3 is 0 Å². The number of amides is 2. The molecule has 0 saturated heterocycles. The first-order valence-electron chi connectivity index (χ1n) is 6.72. The van der Waals surface area contributed by atoms with Gasteiger partial charge in [0.25, 0.3) is 5.91 Å². The molecule has 0 N–H and O–H groups in total. The van der Waals surface area contributed by atoms with Crippen molar-refractivity contribution in [2.45, 2.75) is 20.3 Å². The smallest absolute Gasteiger partial charge is 0.271 e. The molecule has 0 unspecified atom stereocenters. The normalized spacial score (nSPS) is 10.5. The van der Waals surface area contributed by atoms with Crippen LogP contribution in [0.1, 0.15) is 30.0 Å². The van der Waals surface area contributed by atoms with Crippen molar-refractivity contribution in [3.8, 4) is 0 Å². The Morgan fingerprint density at radius 1 is 1.20 bits per heavy atom. The van der Waals surface area contributed by atoms with Crippen molar-refractivity contribution in [3.63, 3.8) is 0 Å². The number of hydrogen-bond donors (Lipinski definition) is 0. The molecule has 0 atom stereocenters. The van der Waals surface area contributed by atoms with E-state index < -0.39 is 0 Å². The minimum Gasteiger partial charge on any atom is -0.345 e. The number of carbonyl (C=O) groups excluding carboxylic acids is 2. The van der Waals surface area contributed by atoms with Crippen LogP contribution in [0.25, 0.3) is 0 Å². The van der Waals surface area contributed by atoms with E-state index in [1.807, 2.05) is 0 Å². The highest BCUT2D eigenvalue weighted by molar-refractivity contribution is 5.92. The quantitative estimate of drug-likeness (QED) is 0.818. The SMILES string of the molecule is CC(C)CN(C)C(=O)Cc1cccc(C(=O)N(C)C)n1. The average Bonchev–Trinajstić information content (AvgIpc) is 2.37. The summed E-state index contributed by atoms with van der Waals surface area (Å²) < 4.78 is 0. The first-order chi connectivity index (χ1) is 9.31. The number of carbonyl (C=O) groups is 2. The van der Waals surface area contributed by atoms with Gasteiger partial charge in [0.2, 0.25) is 5.91 Å². The fourth-order valence-electron chi connectivity index (χ4n) is 1.87. The van der Waals surface area contributed by atoms with Crippen LogP contribution in [0.4, 0.5) is 0 Å². The Morgan fingerprint density at radius 3 is 2.40 bits per heavy atom. The number of aromatic nitrogens is 1. The molecule has 0 aliphatic heterocycles. The Kier molecular flexibility index (Phi) is 5.67. The highest BCUT2D eigenvalue weighted by Crippen LogP contribution is 2.05. The average molecular weight is 277 g/mol. The molecule has 110 valence electrons. The molecule has 0 aromatic carbocycles. The van der Waals surface area contributed by atoms with Crippen molar-refractivity contribution in [1.82, 2.24) is 14.8 Å². The Bertz CT molecular complexity index is 484. The van der Waals surface area contributed by atoms with E-state index in [-0.39, 0.29) is 18.2 Å². The maximum absolute atomic E-state index is 12.1. The second-order valence-electron chi connectivity index (χ2n) is 5.56. The van der Waals surface area contributed by atoms with Crippen LogP contribution in [0, 0.1) is 5.92 Å². The van der Waals surface area contributed by atoms with E-state index in [4.69, 9.17) is 0 Å². The third kappa shape index (κ3) is 4.64. The molecule has 0 aliphatic carbocycles. The monoisotopic (exact) mass is 277 g/mol. The summed E-state index contributed by atoms with van der Waals surface area (Å²) in [5.74, 6) is 0.286. The molecular formula is C15H23N3O2. The van der Waals surface area contributed by atoms with Crippen LogP contribution in [-0.4, -0.2) is 54.3 Å². The molecule has 1 aromatic rings. The van der Waals surface area contributed by atoms with Gasteiger partial charge in [-0.2, -0.15) is 0 Å². The molecule has 1 aromatic heterocycles. The van der Waals surface area contributed by atoms with Gasteiger partial charge in [0.05, 0.1) is 12.1 Å². The van der Waals surface area contributed by atoms with Crippen LogP contribution in [0.2, 0.25) is 0 Å². The Hall–Kier alpha value is -1.91. The number of nitrogens with zero attached hydrogens (tertiary/aromatic N) is 3. The zero-order valence-electron chi connectivity index (χ0n) is 12.9. The third-order valence-electron chi connectivity index (χ3n) is 2.83. The van der Waals surface area contributed by atoms with Gasteiger partial charge < -0.3 is 9.80 Å². The van der Waals surface area contributed by atoms with Crippen LogP contribution in [0.15, 0.2) is 18.2 Å². The Labute approximate surface area is 120 Å². The molecule has 0 spiro atoms. The minimum absolute atomic E-state index is 0.0145. The molecule has 5 heteroatoms. The maximum atomic E-state index is 12.1. The van der Waals surface area contributed by atoms with Crippen LogP contribution in [0.5, 0.6) is 0 Å². The number of hydrogen-bond acceptors (Lipinski definition) is 3. The maximum Gasteiger partial charge on any atom is 0.271 e. The van der Waals surface area contributed by atoms with Gasteiger partial charge in [-0.25, -0.2) is 4.98 Å². The lowest BCUT2D eigenvalue weighted by Crippen LogP contribution is -2.32. The van der Waals surface area contributed by atoms with Crippen LogP contribution >= 0.6 is 0 Å². The summed E-state index contributed by atoms with van der Waals surface area (Å²) >= 11 is 0. The predicted molar refractivity (Wildman–Crippen MR) is 78.4 cm³/mol. The summed E-state index contributed by atoms with van der Waals surface area (Å²) in [4.78, 5) is 31.3. The lowest BCUT2D eigenvalue weighted by molar-refractivity contribution is -0.129. The topological polar surface area (TPSA) is 53.5 Å². The summed E-state index contributed by atoms with van der Waals surface area (Å²) in [5, 5.41) is 0. The molecule has 20 heavy (non-hydrogen) atoms. The van der Waals surface area contributed by atoms with Crippen LogP contribution in [0.3, 0.4) is 0 Å². The molecular weight excluding hydrogens is 254 g/mol. The van der Waals surface area contributed by atoms with Crippen molar-refractivity contribution < 1.29 is 9.59 Å². The van der Waals surface area contributed by atoms with E-state index in [2.05, 4.69) is 18.8 Å². The summed E-state index contributed by atoms with van der Waals surface area (Å²) in [7, 11) is 5.15. The van der Waals surface area contributed by atoms with Crippen molar-refractivity contribution in [2.75, 3.05) is 27.7 Å². The van der Waals surface area contributed by atoms with E-state index in [0.29, 0.717) is 17.3 Å². The van der Waals surface area contributed by atoms with Gasteiger partial charge in [0, 0.05) is 27.7 Å². The van der Waals surface area contributed by atoms with E-state index in [9.17, 15) is 9.59 Å². The van der Waals surface area contributed by atoms with Gasteiger partial charge in [-0.15, -0.1) is 0 Å². The van der Waals surface area contributed by atoms with Crippen LogP contribution < -0.4 is 0 Å². The minimum atomic E-state index is -0.158. The van der Waals surface area contributed by atoms with E-state index in [1.54, 1.807) is 44.2 Å². The van der Waals surface area contributed by atoms with Gasteiger partial charge in [0.15, 0.2) is 0 Å². The lowest BCUT2D eigenvalue weighted by Gasteiger charge is -2.19. The molecule has 0 bridgehead atoms. The van der Waals surface area contributed by atoms with E-state index in [0.717, 1.165) is 6.54 Å². The molecule has 0 aliphatic rings. The Balaban J connectivity index is 2.76. The third-order valence-corrected chi connectivity index (χ3v) is 2.83. The first kappa shape index (κ1) is 16.1. The van der Waals surface area contributed by atoms with Crippen molar-refractivity contribution >= 4 is 11.8 Å². The summed E-state index contributed by atoms with van der Waals surface area (Å²) in [6.45, 7) is 4.85. The molecule has 0 saturated carbocycles. The largest absolute Gasteiger partial charge is 0.345 e. The summed E-state index contributed by atoms with van der Waals surface area (Å²) in [6.07, 6.45) is 0.220. The van der Waals surface area contributed by atoms with Gasteiger partial charge in [-0.1, -0.05) is 19.9 Å². The van der Waals surface area contributed by atoms with Gasteiger partial charge in [0.1, 0.15) is 5.69 Å². The van der Waals surface area contributed by atoms with Gasteiger partial charge in [-0.3, -0.25) is 9.59 Å². The fourth-order valence-corrected chi connectivity index (χ4v) is 1.87. The van der Waals surface area contributed by atoms with Crippen molar-refractivity contribution in [2.24, 2.45) is 5.92 Å². The predicted octanol–water partition coefficient (Wildman–Crippen LogP) is 1.44. The second-order valence-corrected chi connectivity index (χ2v) is 5.56. The molecule has 0 fully saturated rings.